The van der Waals surface area contributed by atoms with Crippen LogP contribution in [0.4, 0.5) is 4.79 Å². The highest BCUT2D eigenvalue weighted by molar-refractivity contribution is 5.97. The standard InChI is InChI=1S/C12H15N3O5/c1-3-19-10-8(5-4-6-14-10)11(17)20-7-9(16)15-12(18)13-2/h4-6H,3,7H2,1-2H3,(H2,13,15,16,18). The average Bonchev–Trinajstić information content (AvgIpc) is 2.45. The van der Waals surface area contributed by atoms with E-state index in [0.717, 1.165) is 0 Å². The number of esters is 1. The van der Waals surface area contributed by atoms with E-state index in [1.807, 2.05) is 5.32 Å². The van der Waals surface area contributed by atoms with Gasteiger partial charge in [0.05, 0.1) is 6.61 Å². The first-order valence-electron chi connectivity index (χ1n) is 5.85. The van der Waals surface area contributed by atoms with E-state index in [1.165, 1.54) is 19.3 Å². The van der Waals surface area contributed by atoms with Crippen LogP contribution in [0.1, 0.15) is 17.3 Å². The number of hydrogen-bond acceptors (Lipinski definition) is 6. The lowest BCUT2D eigenvalue weighted by Gasteiger charge is -2.08. The number of nitrogens with one attached hydrogen (secondary N) is 2. The van der Waals surface area contributed by atoms with Crippen molar-refractivity contribution in [1.29, 1.82) is 0 Å². The Morgan fingerprint density at radius 3 is 2.75 bits per heavy atom. The van der Waals surface area contributed by atoms with Gasteiger partial charge in [0, 0.05) is 13.2 Å². The van der Waals surface area contributed by atoms with Crippen molar-refractivity contribution in [3.05, 3.63) is 23.9 Å². The van der Waals surface area contributed by atoms with Gasteiger partial charge in [0.15, 0.2) is 6.61 Å². The molecule has 0 saturated carbocycles. The zero-order chi connectivity index (χ0) is 15.0. The second kappa shape index (κ2) is 7.72. The lowest BCUT2D eigenvalue weighted by Crippen LogP contribution is -2.39. The molecule has 0 bridgehead atoms. The van der Waals surface area contributed by atoms with Crippen LogP contribution >= 0.6 is 0 Å². The number of nitrogens with zero attached hydrogens (tertiary/aromatic N) is 1. The van der Waals surface area contributed by atoms with Gasteiger partial charge in [0.25, 0.3) is 5.91 Å². The topological polar surface area (TPSA) is 107 Å². The highest BCUT2D eigenvalue weighted by Crippen LogP contribution is 2.15. The first-order chi connectivity index (χ1) is 9.58. The summed E-state index contributed by atoms with van der Waals surface area (Å²) in [4.78, 5) is 37.8. The van der Waals surface area contributed by atoms with Crippen molar-refractivity contribution >= 4 is 17.9 Å². The molecule has 20 heavy (non-hydrogen) atoms. The first-order valence-corrected chi connectivity index (χ1v) is 5.85. The summed E-state index contributed by atoms with van der Waals surface area (Å²) >= 11 is 0. The van der Waals surface area contributed by atoms with Crippen molar-refractivity contribution in [2.24, 2.45) is 0 Å². The number of rotatable bonds is 5. The van der Waals surface area contributed by atoms with E-state index in [4.69, 9.17) is 9.47 Å². The predicted molar refractivity (Wildman–Crippen MR) is 68.3 cm³/mol. The van der Waals surface area contributed by atoms with Crippen LogP contribution in [-0.4, -0.2) is 43.2 Å². The molecule has 1 heterocycles. The van der Waals surface area contributed by atoms with Gasteiger partial charge in [-0.25, -0.2) is 14.6 Å². The van der Waals surface area contributed by atoms with E-state index in [0.29, 0.717) is 6.61 Å². The van der Waals surface area contributed by atoms with E-state index in [-0.39, 0.29) is 11.4 Å². The van der Waals surface area contributed by atoms with Crippen LogP contribution in [0.2, 0.25) is 0 Å². The summed E-state index contributed by atoms with van der Waals surface area (Å²) in [6, 6.07) is 2.34. The number of aromatic nitrogens is 1. The molecule has 0 spiro atoms. The maximum Gasteiger partial charge on any atom is 0.344 e. The number of pyridine rings is 1. The molecule has 0 saturated heterocycles. The van der Waals surface area contributed by atoms with Crippen molar-refractivity contribution in [2.45, 2.75) is 6.92 Å². The molecule has 0 aliphatic rings. The fourth-order valence-electron chi connectivity index (χ4n) is 1.23. The van der Waals surface area contributed by atoms with Crippen molar-refractivity contribution in [2.75, 3.05) is 20.3 Å². The predicted octanol–water partition coefficient (Wildman–Crippen LogP) is 0.0927. The van der Waals surface area contributed by atoms with Crippen LogP contribution in [0.15, 0.2) is 18.3 Å². The van der Waals surface area contributed by atoms with E-state index in [1.54, 1.807) is 13.0 Å². The summed E-state index contributed by atoms with van der Waals surface area (Å²) in [5.41, 5.74) is 0.113. The fourth-order valence-corrected chi connectivity index (χ4v) is 1.23. The number of amides is 3. The zero-order valence-electron chi connectivity index (χ0n) is 11.1. The summed E-state index contributed by atoms with van der Waals surface area (Å²) in [5, 5.41) is 4.16. The number of carbonyl (C=O) groups is 3. The third kappa shape index (κ3) is 4.56. The summed E-state index contributed by atoms with van der Waals surface area (Å²) in [7, 11) is 1.36. The summed E-state index contributed by atoms with van der Waals surface area (Å²) in [5.74, 6) is -1.36. The van der Waals surface area contributed by atoms with Crippen LogP contribution in [0, 0.1) is 0 Å². The normalized spacial score (nSPS) is 9.50. The van der Waals surface area contributed by atoms with Gasteiger partial charge in [-0.2, -0.15) is 0 Å². The summed E-state index contributed by atoms with van der Waals surface area (Å²) in [6.07, 6.45) is 1.47. The maximum atomic E-state index is 11.8. The fraction of sp³-hybridized carbons (Fsp3) is 0.333. The second-order valence-corrected chi connectivity index (χ2v) is 3.49. The van der Waals surface area contributed by atoms with Crippen LogP contribution in [-0.2, 0) is 9.53 Å². The third-order valence-electron chi connectivity index (χ3n) is 2.09. The quantitative estimate of drug-likeness (QED) is 0.741. The zero-order valence-corrected chi connectivity index (χ0v) is 11.1. The second-order valence-electron chi connectivity index (χ2n) is 3.49. The molecule has 0 fully saturated rings. The molecule has 8 heteroatoms. The lowest BCUT2D eigenvalue weighted by atomic mass is 10.3. The maximum absolute atomic E-state index is 11.8. The molecule has 1 aromatic heterocycles. The minimum Gasteiger partial charge on any atom is -0.477 e. The molecule has 0 unspecified atom stereocenters. The summed E-state index contributed by atoms with van der Waals surface area (Å²) < 4.78 is 9.94. The largest absolute Gasteiger partial charge is 0.477 e. The number of carbonyl (C=O) groups excluding carboxylic acids is 3. The smallest absolute Gasteiger partial charge is 0.344 e. The Hall–Kier alpha value is -2.64. The molecule has 8 nitrogen and oxygen atoms in total. The van der Waals surface area contributed by atoms with Crippen molar-refractivity contribution in [3.63, 3.8) is 0 Å². The van der Waals surface area contributed by atoms with Crippen LogP contribution < -0.4 is 15.4 Å². The van der Waals surface area contributed by atoms with E-state index >= 15 is 0 Å². The Labute approximate surface area is 115 Å². The SMILES string of the molecule is CCOc1ncccc1C(=O)OCC(=O)NC(=O)NC. The number of ether oxygens (including phenoxy) is 2. The summed E-state index contributed by atoms with van der Waals surface area (Å²) in [6.45, 7) is 1.52. The molecule has 0 radical (unpaired) electrons. The molecule has 3 amide bonds. The average molecular weight is 281 g/mol. The number of hydrogen-bond donors (Lipinski definition) is 2. The van der Waals surface area contributed by atoms with Crippen LogP contribution in [0.3, 0.4) is 0 Å². The van der Waals surface area contributed by atoms with E-state index < -0.39 is 24.5 Å². The minimum atomic E-state index is -0.756. The Balaban J connectivity index is 2.59. The van der Waals surface area contributed by atoms with E-state index in [2.05, 4.69) is 10.3 Å². The van der Waals surface area contributed by atoms with E-state index in [9.17, 15) is 14.4 Å². The van der Waals surface area contributed by atoms with Gasteiger partial charge in [-0.3, -0.25) is 10.1 Å². The Morgan fingerprint density at radius 1 is 1.35 bits per heavy atom. The number of imide groups is 1. The molecule has 0 aliphatic heterocycles. The lowest BCUT2D eigenvalue weighted by molar-refractivity contribution is -0.123. The molecule has 2 N–H and O–H groups in total. The van der Waals surface area contributed by atoms with Crippen LogP contribution in [0.25, 0.3) is 0 Å². The molecule has 1 rings (SSSR count). The third-order valence-corrected chi connectivity index (χ3v) is 2.09. The van der Waals surface area contributed by atoms with Gasteiger partial charge < -0.3 is 14.8 Å². The van der Waals surface area contributed by atoms with Crippen LogP contribution in [0.5, 0.6) is 5.88 Å². The highest BCUT2D eigenvalue weighted by atomic mass is 16.5. The molecule has 108 valence electrons. The van der Waals surface area contributed by atoms with Gasteiger partial charge >= 0.3 is 12.0 Å². The first kappa shape index (κ1) is 15.4. The van der Waals surface area contributed by atoms with Crippen molar-refractivity contribution in [1.82, 2.24) is 15.6 Å². The molecule has 0 atom stereocenters. The van der Waals surface area contributed by atoms with Gasteiger partial charge in [0.2, 0.25) is 5.88 Å². The van der Waals surface area contributed by atoms with Gasteiger partial charge in [-0.05, 0) is 19.1 Å². The molecular weight excluding hydrogens is 266 g/mol. The minimum absolute atomic E-state index is 0.113. The molecule has 0 aliphatic carbocycles. The van der Waals surface area contributed by atoms with Crippen molar-refractivity contribution in [3.8, 4) is 5.88 Å². The molecular formula is C12H15N3O5. The van der Waals surface area contributed by atoms with Crippen molar-refractivity contribution < 1.29 is 23.9 Å². The van der Waals surface area contributed by atoms with Gasteiger partial charge in [-0.1, -0.05) is 0 Å². The number of urea groups is 1. The highest BCUT2D eigenvalue weighted by Gasteiger charge is 2.16. The Morgan fingerprint density at radius 2 is 2.10 bits per heavy atom. The van der Waals surface area contributed by atoms with Gasteiger partial charge in [-0.15, -0.1) is 0 Å². The van der Waals surface area contributed by atoms with Gasteiger partial charge in [0.1, 0.15) is 5.56 Å². The molecule has 0 aromatic carbocycles. The Bertz CT molecular complexity index is 504. The Kier molecular flexibility index (Phi) is 5.95. The molecule has 1 aromatic rings. The monoisotopic (exact) mass is 281 g/mol.